The molecule has 0 radical (unpaired) electrons. The topological polar surface area (TPSA) is 72.3 Å². The molecule has 3 aromatic rings. The van der Waals surface area contributed by atoms with Crippen LogP contribution in [0.2, 0.25) is 0 Å². The number of anilines is 1. The molecule has 2 aromatic carbocycles. The number of pyridine rings is 1. The third-order valence-corrected chi connectivity index (χ3v) is 6.22. The van der Waals surface area contributed by atoms with Crippen LogP contribution in [-0.2, 0) is 10.0 Å². The van der Waals surface area contributed by atoms with Crippen LogP contribution in [0, 0.1) is 27.7 Å². The van der Waals surface area contributed by atoms with Gasteiger partial charge in [-0.2, -0.15) is 0 Å². The Kier molecular flexibility index (Phi) is 5.48. The van der Waals surface area contributed by atoms with Gasteiger partial charge in [-0.15, -0.1) is 0 Å². The van der Waals surface area contributed by atoms with Crippen molar-refractivity contribution in [2.24, 2.45) is 0 Å². The van der Waals surface area contributed by atoms with Gasteiger partial charge in [0, 0.05) is 17.5 Å². The monoisotopic (exact) mass is 384 g/mol. The zero-order valence-electron chi connectivity index (χ0n) is 16.2. The van der Waals surface area contributed by atoms with Crippen molar-refractivity contribution in [3.8, 4) is 0 Å². The third kappa shape index (κ3) is 4.46. The Labute approximate surface area is 160 Å². The molecule has 0 bridgehead atoms. The minimum absolute atomic E-state index is 0.285. The average molecular weight is 385 g/mol. The third-order valence-electron chi connectivity index (χ3n) is 4.74. The van der Waals surface area contributed by atoms with Gasteiger partial charge < -0.3 is 0 Å². The molecule has 0 fully saturated rings. The fraction of sp³-hybridized carbons (Fsp3) is 0.286. The number of rotatable bonds is 6. The summed E-state index contributed by atoms with van der Waals surface area (Å²) in [5, 5.41) is 4.46. The highest BCUT2D eigenvalue weighted by atomic mass is 32.2. The summed E-state index contributed by atoms with van der Waals surface area (Å²) in [6.07, 6.45) is 0. The maximum absolute atomic E-state index is 12.3. The smallest absolute Gasteiger partial charge is 0.273 e. The second-order valence-corrected chi connectivity index (χ2v) is 8.76. The Morgan fingerprint density at radius 2 is 1.48 bits per heavy atom. The molecule has 0 amide bonds. The van der Waals surface area contributed by atoms with E-state index in [0.717, 1.165) is 22.5 Å². The zero-order valence-corrected chi connectivity index (χ0v) is 17.0. The Morgan fingerprint density at radius 1 is 0.852 bits per heavy atom. The van der Waals surface area contributed by atoms with Crippen LogP contribution in [0.15, 0.2) is 47.4 Å². The Hall–Kier alpha value is -2.44. The van der Waals surface area contributed by atoms with E-state index < -0.39 is 10.0 Å². The summed E-state index contributed by atoms with van der Waals surface area (Å²) in [5.41, 5.74) is 5.68. The first-order chi connectivity index (χ1) is 12.8. The van der Waals surface area contributed by atoms with E-state index in [0.29, 0.717) is 13.1 Å². The molecule has 3 rings (SSSR count). The summed E-state index contributed by atoms with van der Waals surface area (Å²) >= 11 is 0. The van der Waals surface area contributed by atoms with E-state index in [1.807, 2.05) is 13.8 Å². The van der Waals surface area contributed by atoms with E-state index in [9.17, 15) is 8.42 Å². The first-order valence-corrected chi connectivity index (χ1v) is 10.5. The molecule has 27 heavy (non-hydrogen) atoms. The largest absolute Gasteiger partial charge is 0.275 e. The predicted molar refractivity (Wildman–Crippen MR) is 110 cm³/mol. The molecule has 3 N–H and O–H groups in total. The fourth-order valence-corrected chi connectivity index (χ4v) is 3.99. The van der Waals surface area contributed by atoms with Crippen molar-refractivity contribution in [1.29, 1.82) is 0 Å². The highest BCUT2D eigenvalue weighted by Gasteiger charge is 2.14. The summed E-state index contributed by atoms with van der Waals surface area (Å²) in [7, 11) is -3.49. The molecule has 142 valence electrons. The maximum Gasteiger partial charge on any atom is 0.275 e. The van der Waals surface area contributed by atoms with E-state index >= 15 is 0 Å². The Morgan fingerprint density at radius 3 is 2.19 bits per heavy atom. The number of sulfonamides is 1. The van der Waals surface area contributed by atoms with Gasteiger partial charge in [-0.05, 0) is 69.2 Å². The molecule has 0 saturated carbocycles. The molecule has 0 aliphatic heterocycles. The van der Waals surface area contributed by atoms with Crippen molar-refractivity contribution in [2.75, 3.05) is 18.4 Å². The quantitative estimate of drug-likeness (QED) is 0.641. The summed E-state index contributed by atoms with van der Waals surface area (Å²) in [6.45, 7) is 8.95. The van der Waals surface area contributed by atoms with Gasteiger partial charge in [-0.1, -0.05) is 17.7 Å². The van der Waals surface area contributed by atoms with Gasteiger partial charge in [-0.25, -0.2) is 18.1 Å². The fourth-order valence-electron chi connectivity index (χ4n) is 2.96. The highest BCUT2D eigenvalue weighted by molar-refractivity contribution is 7.89. The first kappa shape index (κ1) is 19.3. The molecule has 1 aromatic heterocycles. The van der Waals surface area contributed by atoms with Crippen molar-refractivity contribution in [3.05, 3.63) is 64.7 Å². The number of aromatic nitrogens is 1. The Bertz CT molecular complexity index is 1070. The van der Waals surface area contributed by atoms with Gasteiger partial charge in [0.15, 0.2) is 0 Å². The number of benzene rings is 2. The average Bonchev–Trinajstić information content (AvgIpc) is 2.61. The molecule has 0 aliphatic carbocycles. The molecule has 0 aliphatic rings. The minimum Gasteiger partial charge on any atom is -0.273 e. The molecule has 0 unspecified atom stereocenters. The summed E-state index contributed by atoms with van der Waals surface area (Å²) < 4.78 is 27.3. The SMILES string of the molecule is Cc1ccc(S(=O)(=O)NCCNc2[nH+]c3cc(C)c(C)cc3cc2C)cc1. The molecular weight excluding hydrogens is 358 g/mol. The predicted octanol–water partition coefficient (Wildman–Crippen LogP) is 3.28. The number of aryl methyl sites for hydroxylation is 4. The number of H-pyrrole nitrogens is 1. The van der Waals surface area contributed by atoms with Crippen LogP contribution in [0.4, 0.5) is 5.82 Å². The van der Waals surface area contributed by atoms with Crippen molar-refractivity contribution in [1.82, 2.24) is 4.72 Å². The van der Waals surface area contributed by atoms with Crippen LogP contribution in [0.25, 0.3) is 10.9 Å². The lowest BCUT2D eigenvalue weighted by Gasteiger charge is -2.08. The Balaban J connectivity index is 1.66. The minimum atomic E-state index is -3.49. The lowest BCUT2D eigenvalue weighted by molar-refractivity contribution is -0.327. The summed E-state index contributed by atoms with van der Waals surface area (Å²) in [5.74, 6) is 0.903. The molecule has 5 nitrogen and oxygen atoms in total. The van der Waals surface area contributed by atoms with Gasteiger partial charge in [0.1, 0.15) is 5.52 Å². The summed E-state index contributed by atoms with van der Waals surface area (Å²) in [6, 6.07) is 13.3. The molecule has 0 saturated heterocycles. The second kappa shape index (κ2) is 7.66. The van der Waals surface area contributed by atoms with Gasteiger partial charge in [0.25, 0.3) is 5.82 Å². The van der Waals surface area contributed by atoms with Gasteiger partial charge in [0.2, 0.25) is 10.0 Å². The van der Waals surface area contributed by atoms with Gasteiger partial charge >= 0.3 is 0 Å². The van der Waals surface area contributed by atoms with Crippen LogP contribution in [0.1, 0.15) is 22.3 Å². The van der Waals surface area contributed by atoms with Crippen LogP contribution in [0.3, 0.4) is 0 Å². The molecule has 1 heterocycles. The van der Waals surface area contributed by atoms with Gasteiger partial charge in [0.05, 0.1) is 11.4 Å². The van der Waals surface area contributed by atoms with Crippen LogP contribution in [-0.4, -0.2) is 21.5 Å². The summed E-state index contributed by atoms with van der Waals surface area (Å²) in [4.78, 5) is 3.70. The number of hydrogen-bond donors (Lipinski definition) is 2. The zero-order chi connectivity index (χ0) is 19.6. The van der Waals surface area contributed by atoms with E-state index in [-0.39, 0.29) is 4.90 Å². The van der Waals surface area contributed by atoms with Crippen molar-refractivity contribution in [2.45, 2.75) is 32.6 Å². The van der Waals surface area contributed by atoms with Crippen molar-refractivity contribution >= 4 is 26.7 Å². The molecule has 0 spiro atoms. The van der Waals surface area contributed by atoms with E-state index in [1.54, 1.807) is 24.3 Å². The number of aromatic amines is 1. The lowest BCUT2D eigenvalue weighted by Crippen LogP contribution is -2.30. The van der Waals surface area contributed by atoms with Crippen LogP contribution < -0.4 is 15.0 Å². The first-order valence-electron chi connectivity index (χ1n) is 9.00. The van der Waals surface area contributed by atoms with E-state index in [1.165, 1.54) is 16.5 Å². The van der Waals surface area contributed by atoms with Crippen LogP contribution >= 0.6 is 0 Å². The number of fused-ring (bicyclic) bond motifs is 1. The van der Waals surface area contributed by atoms with E-state index in [2.05, 4.69) is 47.1 Å². The molecular formula is C21H26N3O2S+. The van der Waals surface area contributed by atoms with Crippen molar-refractivity contribution < 1.29 is 13.4 Å². The van der Waals surface area contributed by atoms with Gasteiger partial charge in [-0.3, -0.25) is 5.32 Å². The molecule has 6 heteroatoms. The number of nitrogens with one attached hydrogen (secondary N) is 3. The van der Waals surface area contributed by atoms with Crippen molar-refractivity contribution in [3.63, 3.8) is 0 Å². The normalized spacial score (nSPS) is 11.7. The van der Waals surface area contributed by atoms with Crippen LogP contribution in [0.5, 0.6) is 0 Å². The highest BCUT2D eigenvalue weighted by Crippen LogP contribution is 2.19. The molecule has 0 atom stereocenters. The lowest BCUT2D eigenvalue weighted by atomic mass is 10.1. The standard InChI is InChI=1S/C21H25N3O2S/c1-14-5-7-19(8-6-14)27(25,26)23-10-9-22-21-17(4)12-18-11-15(2)16(3)13-20(18)24-21/h5-8,11-13,23H,9-10H2,1-4H3,(H,22,24)/p+1. The maximum atomic E-state index is 12.3. The van der Waals surface area contributed by atoms with E-state index in [4.69, 9.17) is 0 Å². The number of hydrogen-bond acceptors (Lipinski definition) is 3. The second-order valence-electron chi connectivity index (χ2n) is 6.99.